The predicted molar refractivity (Wildman–Crippen MR) is 83.6 cm³/mol. The van der Waals surface area contributed by atoms with Gasteiger partial charge >= 0.3 is 0 Å². The number of pyridine rings is 1. The normalized spacial score (nSPS) is 14.5. The van der Waals surface area contributed by atoms with Crippen molar-refractivity contribution in [3.05, 3.63) is 29.6 Å². The molecule has 1 N–H and O–H groups in total. The van der Waals surface area contributed by atoms with Gasteiger partial charge in [0.2, 0.25) is 0 Å². The van der Waals surface area contributed by atoms with E-state index in [-0.39, 0.29) is 11.0 Å². The van der Waals surface area contributed by atoms with E-state index in [1.807, 2.05) is 6.20 Å². The number of rotatable bonds is 4. The van der Waals surface area contributed by atoms with E-state index in [4.69, 9.17) is 0 Å². The molecule has 0 spiro atoms. The SMILES string of the molecule is C[C@H](CNC(C)(C)C)Cc1cc(C(C)(C)C)ccn1. The van der Waals surface area contributed by atoms with Gasteiger partial charge < -0.3 is 5.32 Å². The van der Waals surface area contributed by atoms with Crippen LogP contribution >= 0.6 is 0 Å². The third-order valence-electron chi connectivity index (χ3n) is 3.22. The molecule has 1 aromatic heterocycles. The standard InChI is InChI=1S/C17H30N2/c1-13(12-19-17(5,6)7)10-15-11-14(8-9-18-15)16(2,3)4/h8-9,11,13,19H,10,12H2,1-7H3/t13-/m0/s1. The van der Waals surface area contributed by atoms with Crippen LogP contribution in [0.2, 0.25) is 0 Å². The fraction of sp³-hybridized carbons (Fsp3) is 0.706. The Morgan fingerprint density at radius 3 is 2.32 bits per heavy atom. The van der Waals surface area contributed by atoms with Crippen LogP contribution in [0.25, 0.3) is 0 Å². The van der Waals surface area contributed by atoms with Crippen molar-refractivity contribution >= 4 is 0 Å². The van der Waals surface area contributed by atoms with Crippen molar-refractivity contribution in [2.45, 2.75) is 65.8 Å². The van der Waals surface area contributed by atoms with Crippen molar-refractivity contribution in [2.75, 3.05) is 6.54 Å². The quantitative estimate of drug-likeness (QED) is 0.889. The summed E-state index contributed by atoms with van der Waals surface area (Å²) < 4.78 is 0. The van der Waals surface area contributed by atoms with E-state index in [9.17, 15) is 0 Å². The van der Waals surface area contributed by atoms with Crippen molar-refractivity contribution in [1.29, 1.82) is 0 Å². The van der Waals surface area contributed by atoms with Gasteiger partial charge in [-0.25, -0.2) is 0 Å². The summed E-state index contributed by atoms with van der Waals surface area (Å²) >= 11 is 0. The van der Waals surface area contributed by atoms with Gasteiger partial charge in [0.1, 0.15) is 0 Å². The van der Waals surface area contributed by atoms with Gasteiger partial charge in [-0.05, 0) is 62.8 Å². The van der Waals surface area contributed by atoms with Crippen molar-refractivity contribution in [2.24, 2.45) is 5.92 Å². The molecule has 0 bridgehead atoms. The second kappa shape index (κ2) is 6.04. The van der Waals surface area contributed by atoms with Crippen molar-refractivity contribution < 1.29 is 0 Å². The van der Waals surface area contributed by atoms with Crippen molar-refractivity contribution in [3.63, 3.8) is 0 Å². The summed E-state index contributed by atoms with van der Waals surface area (Å²) in [6.45, 7) is 16.7. The molecule has 0 amide bonds. The van der Waals surface area contributed by atoms with Gasteiger partial charge in [-0.3, -0.25) is 4.98 Å². The molecule has 0 saturated carbocycles. The number of nitrogens with zero attached hydrogens (tertiary/aromatic N) is 1. The maximum Gasteiger partial charge on any atom is 0.0409 e. The molecule has 0 radical (unpaired) electrons. The molecule has 0 aliphatic heterocycles. The fourth-order valence-corrected chi connectivity index (χ4v) is 1.97. The predicted octanol–water partition coefficient (Wildman–Crippen LogP) is 3.95. The Morgan fingerprint density at radius 2 is 1.79 bits per heavy atom. The topological polar surface area (TPSA) is 24.9 Å². The average Bonchev–Trinajstić information content (AvgIpc) is 2.25. The Morgan fingerprint density at radius 1 is 1.16 bits per heavy atom. The van der Waals surface area contributed by atoms with Crippen LogP contribution < -0.4 is 5.32 Å². The molecule has 19 heavy (non-hydrogen) atoms. The number of hydrogen-bond acceptors (Lipinski definition) is 2. The van der Waals surface area contributed by atoms with Crippen LogP contribution in [-0.4, -0.2) is 17.1 Å². The number of nitrogens with one attached hydrogen (secondary N) is 1. The molecule has 0 aromatic carbocycles. The maximum absolute atomic E-state index is 4.51. The zero-order valence-electron chi connectivity index (χ0n) is 13.7. The van der Waals surface area contributed by atoms with Crippen LogP contribution in [0.1, 0.15) is 59.7 Å². The third kappa shape index (κ3) is 6.20. The summed E-state index contributed by atoms with van der Waals surface area (Å²) in [7, 11) is 0. The monoisotopic (exact) mass is 262 g/mol. The summed E-state index contributed by atoms with van der Waals surface area (Å²) in [5, 5.41) is 3.56. The van der Waals surface area contributed by atoms with Gasteiger partial charge in [0.15, 0.2) is 0 Å². The van der Waals surface area contributed by atoms with E-state index in [1.165, 1.54) is 11.3 Å². The van der Waals surface area contributed by atoms with Crippen LogP contribution in [0.5, 0.6) is 0 Å². The van der Waals surface area contributed by atoms with Crippen LogP contribution in [0.15, 0.2) is 18.3 Å². The van der Waals surface area contributed by atoms with Gasteiger partial charge in [-0.2, -0.15) is 0 Å². The van der Waals surface area contributed by atoms with E-state index >= 15 is 0 Å². The Hall–Kier alpha value is -0.890. The lowest BCUT2D eigenvalue weighted by Crippen LogP contribution is -2.39. The largest absolute Gasteiger partial charge is 0.312 e. The summed E-state index contributed by atoms with van der Waals surface area (Å²) in [5.74, 6) is 0.599. The van der Waals surface area contributed by atoms with Gasteiger partial charge in [0.05, 0.1) is 0 Å². The minimum Gasteiger partial charge on any atom is -0.312 e. The molecular weight excluding hydrogens is 232 g/mol. The summed E-state index contributed by atoms with van der Waals surface area (Å²) in [6, 6.07) is 4.38. The first kappa shape index (κ1) is 16.2. The van der Waals surface area contributed by atoms with Crippen LogP contribution in [0.3, 0.4) is 0 Å². The lowest BCUT2D eigenvalue weighted by molar-refractivity contribution is 0.380. The van der Waals surface area contributed by atoms with Gasteiger partial charge in [0, 0.05) is 17.4 Å². The van der Waals surface area contributed by atoms with E-state index in [0.717, 1.165) is 13.0 Å². The molecule has 2 heteroatoms. The highest BCUT2D eigenvalue weighted by atomic mass is 14.9. The molecule has 108 valence electrons. The average molecular weight is 262 g/mol. The van der Waals surface area contributed by atoms with E-state index in [1.54, 1.807) is 0 Å². The highest BCUT2D eigenvalue weighted by Gasteiger charge is 2.16. The van der Waals surface area contributed by atoms with Crippen molar-refractivity contribution in [3.8, 4) is 0 Å². The highest BCUT2D eigenvalue weighted by Crippen LogP contribution is 2.22. The summed E-state index contributed by atoms with van der Waals surface area (Å²) in [4.78, 5) is 4.51. The minimum absolute atomic E-state index is 0.189. The van der Waals surface area contributed by atoms with Gasteiger partial charge in [0.25, 0.3) is 0 Å². The molecule has 0 aliphatic carbocycles. The lowest BCUT2D eigenvalue weighted by Gasteiger charge is -2.24. The Labute approximate surface area is 119 Å². The summed E-state index contributed by atoms with van der Waals surface area (Å²) in [5.41, 5.74) is 2.96. The Bertz CT molecular complexity index is 396. The number of hydrogen-bond donors (Lipinski definition) is 1. The lowest BCUT2D eigenvalue weighted by atomic mass is 9.87. The minimum atomic E-state index is 0.189. The highest BCUT2D eigenvalue weighted by molar-refractivity contribution is 5.23. The van der Waals surface area contributed by atoms with Crippen molar-refractivity contribution in [1.82, 2.24) is 10.3 Å². The summed E-state index contributed by atoms with van der Waals surface area (Å²) in [6.07, 6.45) is 2.98. The molecule has 1 atom stereocenters. The molecule has 2 nitrogen and oxygen atoms in total. The molecule has 1 rings (SSSR count). The second-order valence-electron chi connectivity index (χ2n) is 7.73. The molecule has 0 fully saturated rings. The van der Waals surface area contributed by atoms with E-state index in [0.29, 0.717) is 5.92 Å². The fourth-order valence-electron chi connectivity index (χ4n) is 1.97. The molecule has 0 aliphatic rings. The zero-order valence-corrected chi connectivity index (χ0v) is 13.7. The molecular formula is C17H30N2. The number of aromatic nitrogens is 1. The molecule has 1 heterocycles. The second-order valence-corrected chi connectivity index (χ2v) is 7.73. The Kier molecular flexibility index (Phi) is 5.14. The van der Waals surface area contributed by atoms with Crippen LogP contribution in [-0.2, 0) is 11.8 Å². The first-order valence-electron chi connectivity index (χ1n) is 7.28. The Balaban J connectivity index is 2.62. The first-order valence-corrected chi connectivity index (χ1v) is 7.28. The molecule has 0 unspecified atom stereocenters. The zero-order chi connectivity index (χ0) is 14.7. The molecule has 0 saturated heterocycles. The first-order chi connectivity index (χ1) is 8.58. The van der Waals surface area contributed by atoms with Crippen LogP contribution in [0.4, 0.5) is 0 Å². The maximum atomic E-state index is 4.51. The third-order valence-corrected chi connectivity index (χ3v) is 3.22. The van der Waals surface area contributed by atoms with Gasteiger partial charge in [-0.15, -0.1) is 0 Å². The molecule has 1 aromatic rings. The van der Waals surface area contributed by atoms with E-state index < -0.39 is 0 Å². The van der Waals surface area contributed by atoms with Crippen LogP contribution in [0, 0.1) is 5.92 Å². The van der Waals surface area contributed by atoms with E-state index in [2.05, 4.69) is 70.9 Å². The smallest absolute Gasteiger partial charge is 0.0409 e. The van der Waals surface area contributed by atoms with Gasteiger partial charge in [-0.1, -0.05) is 27.7 Å².